The summed E-state index contributed by atoms with van der Waals surface area (Å²) in [5, 5.41) is 0. The van der Waals surface area contributed by atoms with Crippen LogP contribution in [-0.2, 0) is 0 Å². The van der Waals surface area contributed by atoms with Crippen LogP contribution in [0.5, 0.6) is 0 Å². The Kier molecular flexibility index (Phi) is 2.54. The van der Waals surface area contributed by atoms with Crippen LogP contribution in [0.1, 0.15) is 25.3 Å². The molecule has 1 aliphatic carbocycles. The Hall–Kier alpha value is -0.560. The Morgan fingerprint density at radius 2 is 2.23 bits per heavy atom. The predicted molar refractivity (Wildman–Crippen MR) is 60.5 cm³/mol. The van der Waals surface area contributed by atoms with E-state index in [1.54, 1.807) is 0 Å². The molecule has 0 amide bonds. The SMILES string of the molecule is CC1CCC=C1c1cccc(Br)c1. The third kappa shape index (κ3) is 1.86. The molecule has 1 aromatic carbocycles. The Morgan fingerprint density at radius 3 is 2.85 bits per heavy atom. The molecule has 1 heteroatoms. The molecule has 13 heavy (non-hydrogen) atoms. The highest BCUT2D eigenvalue weighted by Crippen LogP contribution is 2.33. The molecule has 68 valence electrons. The van der Waals surface area contributed by atoms with Crippen molar-refractivity contribution >= 4 is 21.5 Å². The van der Waals surface area contributed by atoms with Crippen LogP contribution in [0.25, 0.3) is 5.57 Å². The summed E-state index contributed by atoms with van der Waals surface area (Å²) < 4.78 is 1.17. The Balaban J connectivity index is 2.35. The maximum Gasteiger partial charge on any atom is 0.0181 e. The Bertz CT molecular complexity index is 339. The fourth-order valence-corrected chi connectivity index (χ4v) is 2.32. The lowest BCUT2D eigenvalue weighted by molar-refractivity contribution is 0.715. The van der Waals surface area contributed by atoms with Gasteiger partial charge in [-0.1, -0.05) is 41.1 Å². The van der Waals surface area contributed by atoms with Crippen LogP contribution in [0.15, 0.2) is 34.8 Å². The van der Waals surface area contributed by atoms with Crippen LogP contribution in [0.4, 0.5) is 0 Å². The molecule has 1 atom stereocenters. The molecule has 0 N–H and O–H groups in total. The van der Waals surface area contributed by atoms with E-state index < -0.39 is 0 Å². The van der Waals surface area contributed by atoms with Gasteiger partial charge in [-0.2, -0.15) is 0 Å². The van der Waals surface area contributed by atoms with Crippen molar-refractivity contribution in [2.45, 2.75) is 19.8 Å². The summed E-state index contributed by atoms with van der Waals surface area (Å²) in [6, 6.07) is 8.57. The fourth-order valence-electron chi connectivity index (χ4n) is 1.92. The summed E-state index contributed by atoms with van der Waals surface area (Å²) in [6.07, 6.45) is 4.91. The molecule has 0 heterocycles. The standard InChI is InChI=1S/C12H13Br/c1-9-4-2-7-12(9)10-5-3-6-11(13)8-10/h3,5-9H,2,4H2,1H3. The van der Waals surface area contributed by atoms with Gasteiger partial charge in [-0.3, -0.25) is 0 Å². The molecule has 1 aliphatic rings. The van der Waals surface area contributed by atoms with Crippen LogP contribution < -0.4 is 0 Å². The topological polar surface area (TPSA) is 0 Å². The number of halogens is 1. The average molecular weight is 237 g/mol. The van der Waals surface area contributed by atoms with Crippen LogP contribution >= 0.6 is 15.9 Å². The third-order valence-corrected chi connectivity index (χ3v) is 3.15. The summed E-state index contributed by atoms with van der Waals surface area (Å²) in [6.45, 7) is 2.31. The van der Waals surface area contributed by atoms with E-state index in [0.717, 1.165) is 5.92 Å². The van der Waals surface area contributed by atoms with Gasteiger partial charge in [-0.15, -0.1) is 0 Å². The van der Waals surface area contributed by atoms with Gasteiger partial charge in [0.1, 0.15) is 0 Å². The first kappa shape index (κ1) is 9.01. The largest absolute Gasteiger partial charge is 0.0804 e. The van der Waals surface area contributed by atoms with Crippen molar-refractivity contribution in [2.75, 3.05) is 0 Å². The zero-order chi connectivity index (χ0) is 9.26. The van der Waals surface area contributed by atoms with Crippen LogP contribution in [0, 0.1) is 5.92 Å². The highest BCUT2D eigenvalue weighted by atomic mass is 79.9. The Morgan fingerprint density at radius 1 is 1.38 bits per heavy atom. The summed E-state index contributed by atoms with van der Waals surface area (Å²) in [7, 11) is 0. The van der Waals surface area contributed by atoms with Crippen LogP contribution in [0.3, 0.4) is 0 Å². The highest BCUT2D eigenvalue weighted by molar-refractivity contribution is 9.10. The zero-order valence-corrected chi connectivity index (χ0v) is 9.34. The summed E-state index contributed by atoms with van der Waals surface area (Å²) in [5.74, 6) is 0.731. The van der Waals surface area contributed by atoms with Crippen molar-refractivity contribution < 1.29 is 0 Å². The second kappa shape index (κ2) is 3.67. The van der Waals surface area contributed by atoms with Crippen LogP contribution in [-0.4, -0.2) is 0 Å². The lowest BCUT2D eigenvalue weighted by atomic mass is 9.97. The predicted octanol–water partition coefficient (Wildman–Crippen LogP) is 4.26. The second-order valence-corrected chi connectivity index (χ2v) is 4.56. The smallest absolute Gasteiger partial charge is 0.0181 e. The lowest BCUT2D eigenvalue weighted by Gasteiger charge is -2.09. The zero-order valence-electron chi connectivity index (χ0n) is 7.76. The van der Waals surface area contributed by atoms with E-state index in [9.17, 15) is 0 Å². The molecular formula is C12H13Br. The molecule has 0 saturated heterocycles. The first-order chi connectivity index (χ1) is 6.27. The van der Waals surface area contributed by atoms with Gasteiger partial charge in [-0.05, 0) is 42.0 Å². The molecule has 0 nitrogen and oxygen atoms in total. The minimum absolute atomic E-state index is 0.731. The van der Waals surface area contributed by atoms with Gasteiger partial charge in [0, 0.05) is 4.47 Å². The van der Waals surface area contributed by atoms with E-state index in [2.05, 4.69) is 53.2 Å². The number of hydrogen-bond acceptors (Lipinski definition) is 0. The quantitative estimate of drug-likeness (QED) is 0.684. The average Bonchev–Trinajstić information content (AvgIpc) is 2.51. The monoisotopic (exact) mass is 236 g/mol. The van der Waals surface area contributed by atoms with Gasteiger partial charge in [0.05, 0.1) is 0 Å². The van der Waals surface area contributed by atoms with E-state index in [0.29, 0.717) is 0 Å². The van der Waals surface area contributed by atoms with Gasteiger partial charge < -0.3 is 0 Å². The number of rotatable bonds is 1. The van der Waals surface area contributed by atoms with E-state index in [1.165, 1.54) is 28.5 Å². The molecule has 0 radical (unpaired) electrons. The van der Waals surface area contributed by atoms with Gasteiger partial charge in [0.2, 0.25) is 0 Å². The minimum atomic E-state index is 0.731. The minimum Gasteiger partial charge on any atom is -0.0804 e. The van der Waals surface area contributed by atoms with Crippen molar-refractivity contribution in [3.63, 3.8) is 0 Å². The molecule has 2 rings (SSSR count). The Labute approximate surface area is 87.8 Å². The van der Waals surface area contributed by atoms with Gasteiger partial charge >= 0.3 is 0 Å². The van der Waals surface area contributed by atoms with E-state index in [-0.39, 0.29) is 0 Å². The van der Waals surface area contributed by atoms with Gasteiger partial charge in [0.15, 0.2) is 0 Å². The van der Waals surface area contributed by atoms with Gasteiger partial charge in [0.25, 0.3) is 0 Å². The maximum absolute atomic E-state index is 3.50. The third-order valence-electron chi connectivity index (χ3n) is 2.65. The van der Waals surface area contributed by atoms with E-state index in [1.807, 2.05) is 0 Å². The summed E-state index contributed by atoms with van der Waals surface area (Å²) in [5.41, 5.74) is 2.89. The van der Waals surface area contributed by atoms with E-state index in [4.69, 9.17) is 0 Å². The first-order valence-corrected chi connectivity index (χ1v) is 5.52. The maximum atomic E-state index is 3.50. The first-order valence-electron chi connectivity index (χ1n) is 4.73. The molecule has 0 fully saturated rings. The molecule has 1 aromatic rings. The second-order valence-electron chi connectivity index (χ2n) is 3.65. The molecule has 0 spiro atoms. The number of hydrogen-bond donors (Lipinski definition) is 0. The molecule has 0 aliphatic heterocycles. The van der Waals surface area contributed by atoms with E-state index >= 15 is 0 Å². The molecule has 0 bridgehead atoms. The van der Waals surface area contributed by atoms with Crippen molar-refractivity contribution in [1.82, 2.24) is 0 Å². The van der Waals surface area contributed by atoms with Crippen molar-refractivity contribution in [2.24, 2.45) is 5.92 Å². The molecular weight excluding hydrogens is 224 g/mol. The molecule has 0 saturated carbocycles. The van der Waals surface area contributed by atoms with Crippen molar-refractivity contribution in [3.05, 3.63) is 40.4 Å². The number of benzene rings is 1. The van der Waals surface area contributed by atoms with Crippen molar-refractivity contribution in [1.29, 1.82) is 0 Å². The fraction of sp³-hybridized carbons (Fsp3) is 0.333. The summed E-state index contributed by atoms with van der Waals surface area (Å²) in [4.78, 5) is 0. The lowest BCUT2D eigenvalue weighted by Crippen LogP contribution is -1.91. The summed E-state index contributed by atoms with van der Waals surface area (Å²) >= 11 is 3.50. The normalized spacial score (nSPS) is 21.7. The highest BCUT2D eigenvalue weighted by Gasteiger charge is 2.15. The van der Waals surface area contributed by atoms with Crippen molar-refractivity contribution in [3.8, 4) is 0 Å². The van der Waals surface area contributed by atoms with Crippen LogP contribution in [0.2, 0.25) is 0 Å². The molecule has 0 aromatic heterocycles. The van der Waals surface area contributed by atoms with Gasteiger partial charge in [-0.25, -0.2) is 0 Å². The number of allylic oxidation sites excluding steroid dienone is 2. The molecule has 1 unspecified atom stereocenters.